The average Bonchev–Trinajstić information content (AvgIpc) is 2.56. The smallest absolute Gasteiger partial charge is 0.411 e. The number of amides is 1. The molecule has 2 rings (SSSR count). The molecule has 0 saturated heterocycles. The fraction of sp³-hybridized carbons (Fsp3) is 0.188. The number of hydrogen-bond acceptors (Lipinski definition) is 5. The second kappa shape index (κ2) is 9.93. The zero-order valence-corrected chi connectivity index (χ0v) is 15.8. The molecule has 1 amide bonds. The average molecular weight is 403 g/mol. The van der Waals surface area contributed by atoms with Gasteiger partial charge in [0, 0.05) is 17.1 Å². The predicted octanol–water partition coefficient (Wildman–Crippen LogP) is 5.60. The summed E-state index contributed by atoms with van der Waals surface area (Å²) >= 11 is 17.8. The minimum absolute atomic E-state index is 0.164. The van der Waals surface area contributed by atoms with E-state index in [0.717, 1.165) is 5.69 Å². The van der Waals surface area contributed by atoms with Crippen molar-refractivity contribution >= 4 is 65.1 Å². The number of nitrogens with one attached hydrogen (secondary N) is 2. The molecule has 0 radical (unpaired) electrons. The Morgan fingerprint density at radius 2 is 1.88 bits per heavy atom. The van der Waals surface area contributed by atoms with Crippen molar-refractivity contribution in [2.24, 2.45) is 0 Å². The van der Waals surface area contributed by atoms with E-state index in [9.17, 15) is 4.79 Å². The Hall–Kier alpha value is -1.21. The highest BCUT2D eigenvalue weighted by Gasteiger charge is 2.07. The zero-order valence-electron chi connectivity index (χ0n) is 12.5. The second-order valence-corrected chi connectivity index (χ2v) is 7.52. The number of carbonyl (C=O) groups excluding carboxylic acids is 1. The number of rotatable bonds is 7. The molecule has 8 heteroatoms. The van der Waals surface area contributed by atoms with Crippen molar-refractivity contribution in [1.82, 2.24) is 0 Å². The standard InChI is InChI=1S/C16H16Cl2N2O2S2/c17-13-7-6-12(10-14(13)18)20-16(23)24-9-8-22-15(21)19-11-4-2-1-3-5-11/h1-7,10,16,20,23H,8-9H2,(H,19,21). The van der Waals surface area contributed by atoms with Crippen LogP contribution in [0.5, 0.6) is 0 Å². The highest BCUT2D eigenvalue weighted by atomic mass is 35.5. The first kappa shape index (κ1) is 19.1. The summed E-state index contributed by atoms with van der Waals surface area (Å²) in [5.74, 6) is 0.602. The summed E-state index contributed by atoms with van der Waals surface area (Å²) in [6.07, 6.45) is -0.477. The van der Waals surface area contributed by atoms with Crippen molar-refractivity contribution < 1.29 is 9.53 Å². The van der Waals surface area contributed by atoms with Crippen LogP contribution < -0.4 is 10.6 Å². The van der Waals surface area contributed by atoms with Gasteiger partial charge in [-0.2, -0.15) is 0 Å². The molecule has 2 aromatic carbocycles. The van der Waals surface area contributed by atoms with E-state index in [0.29, 0.717) is 21.5 Å². The van der Waals surface area contributed by atoms with Crippen LogP contribution in [0, 0.1) is 0 Å². The van der Waals surface area contributed by atoms with Gasteiger partial charge >= 0.3 is 6.09 Å². The SMILES string of the molecule is O=C(Nc1ccccc1)OCCSC(S)Nc1ccc(Cl)c(Cl)c1. The number of halogens is 2. The van der Waals surface area contributed by atoms with Crippen molar-refractivity contribution in [1.29, 1.82) is 0 Å². The molecule has 0 fully saturated rings. The summed E-state index contributed by atoms with van der Waals surface area (Å²) in [5, 5.41) is 6.80. The van der Waals surface area contributed by atoms with Gasteiger partial charge in [-0.25, -0.2) is 4.79 Å². The van der Waals surface area contributed by atoms with Gasteiger partial charge in [-0.05, 0) is 30.3 Å². The molecular formula is C16H16Cl2N2O2S2. The Bertz CT molecular complexity index is 674. The van der Waals surface area contributed by atoms with E-state index in [1.807, 2.05) is 24.3 Å². The van der Waals surface area contributed by atoms with Gasteiger partial charge in [0.25, 0.3) is 0 Å². The number of hydrogen-bond donors (Lipinski definition) is 3. The molecular weight excluding hydrogens is 387 g/mol. The monoisotopic (exact) mass is 402 g/mol. The number of benzene rings is 2. The summed E-state index contributed by atoms with van der Waals surface area (Å²) < 4.78 is 4.95. The highest BCUT2D eigenvalue weighted by Crippen LogP contribution is 2.27. The van der Waals surface area contributed by atoms with Crippen LogP contribution in [0.1, 0.15) is 0 Å². The largest absolute Gasteiger partial charge is 0.448 e. The molecule has 0 spiro atoms. The number of thiol groups is 1. The molecule has 0 aliphatic heterocycles. The molecule has 2 N–H and O–H groups in total. The normalized spacial score (nSPS) is 11.6. The van der Waals surface area contributed by atoms with Crippen LogP contribution in [0.25, 0.3) is 0 Å². The minimum atomic E-state index is -0.477. The Labute approximate surface area is 160 Å². The van der Waals surface area contributed by atoms with Crippen molar-refractivity contribution in [3.8, 4) is 0 Å². The lowest BCUT2D eigenvalue weighted by Crippen LogP contribution is -2.16. The van der Waals surface area contributed by atoms with Crippen LogP contribution in [0.15, 0.2) is 48.5 Å². The number of carbonyl (C=O) groups is 1. The molecule has 128 valence electrons. The number of thioether (sulfide) groups is 1. The maximum Gasteiger partial charge on any atom is 0.411 e. The first-order chi connectivity index (χ1) is 11.5. The molecule has 1 unspecified atom stereocenters. The number of anilines is 2. The molecule has 0 bridgehead atoms. The molecule has 1 atom stereocenters. The van der Waals surface area contributed by atoms with E-state index >= 15 is 0 Å². The molecule has 0 aliphatic carbocycles. The van der Waals surface area contributed by atoms with E-state index in [1.54, 1.807) is 24.3 Å². The van der Waals surface area contributed by atoms with E-state index in [-0.39, 0.29) is 11.3 Å². The minimum Gasteiger partial charge on any atom is -0.448 e. The molecule has 0 aromatic heterocycles. The van der Waals surface area contributed by atoms with Gasteiger partial charge in [0.15, 0.2) is 0 Å². The lowest BCUT2D eigenvalue weighted by molar-refractivity contribution is 0.169. The third-order valence-electron chi connectivity index (χ3n) is 2.82. The van der Waals surface area contributed by atoms with Crippen molar-refractivity contribution in [2.45, 2.75) is 4.71 Å². The summed E-state index contributed by atoms with van der Waals surface area (Å²) in [4.78, 5) is 11.6. The summed E-state index contributed by atoms with van der Waals surface area (Å²) in [6.45, 7) is 0.281. The predicted molar refractivity (Wildman–Crippen MR) is 107 cm³/mol. The van der Waals surface area contributed by atoms with E-state index in [2.05, 4.69) is 23.3 Å². The third-order valence-corrected chi connectivity index (χ3v) is 4.97. The lowest BCUT2D eigenvalue weighted by atomic mass is 10.3. The Kier molecular flexibility index (Phi) is 7.91. The van der Waals surface area contributed by atoms with Crippen molar-refractivity contribution in [3.05, 3.63) is 58.6 Å². The van der Waals surface area contributed by atoms with E-state index in [1.165, 1.54) is 11.8 Å². The Balaban J connectivity index is 1.64. The molecule has 0 aliphatic rings. The van der Waals surface area contributed by atoms with Crippen LogP contribution in [0.3, 0.4) is 0 Å². The molecule has 0 heterocycles. The topological polar surface area (TPSA) is 50.4 Å². The van der Waals surface area contributed by atoms with Crippen LogP contribution in [-0.4, -0.2) is 23.2 Å². The van der Waals surface area contributed by atoms with Crippen LogP contribution >= 0.6 is 47.6 Å². The molecule has 4 nitrogen and oxygen atoms in total. The van der Waals surface area contributed by atoms with Crippen molar-refractivity contribution in [3.63, 3.8) is 0 Å². The van der Waals surface area contributed by atoms with Gasteiger partial charge in [-0.15, -0.1) is 24.4 Å². The summed E-state index contributed by atoms with van der Waals surface area (Å²) in [7, 11) is 0. The summed E-state index contributed by atoms with van der Waals surface area (Å²) in [5.41, 5.74) is 1.52. The van der Waals surface area contributed by atoms with Gasteiger partial charge in [-0.3, -0.25) is 5.32 Å². The van der Waals surface area contributed by atoms with Gasteiger partial charge in [-0.1, -0.05) is 41.4 Å². The third kappa shape index (κ3) is 6.73. The number of para-hydroxylation sites is 1. The maximum atomic E-state index is 11.6. The highest BCUT2D eigenvalue weighted by molar-refractivity contribution is 8.10. The zero-order chi connectivity index (χ0) is 17.4. The fourth-order valence-corrected chi connectivity index (χ4v) is 3.13. The molecule has 2 aromatic rings. The summed E-state index contributed by atoms with van der Waals surface area (Å²) in [6, 6.07) is 14.4. The molecule has 0 saturated carbocycles. The van der Waals surface area contributed by atoms with E-state index in [4.69, 9.17) is 27.9 Å². The van der Waals surface area contributed by atoms with E-state index < -0.39 is 6.09 Å². The Morgan fingerprint density at radius 1 is 1.12 bits per heavy atom. The van der Waals surface area contributed by atoms with Crippen LogP contribution in [0.4, 0.5) is 16.2 Å². The first-order valence-electron chi connectivity index (χ1n) is 7.04. The first-order valence-corrected chi connectivity index (χ1v) is 9.37. The quantitative estimate of drug-likeness (QED) is 0.320. The fourth-order valence-electron chi connectivity index (χ4n) is 1.74. The van der Waals surface area contributed by atoms with Gasteiger partial charge in [0.2, 0.25) is 0 Å². The van der Waals surface area contributed by atoms with Crippen LogP contribution in [-0.2, 0) is 4.74 Å². The second-order valence-electron chi connectivity index (χ2n) is 4.62. The maximum absolute atomic E-state index is 11.6. The Morgan fingerprint density at radius 3 is 2.58 bits per heavy atom. The van der Waals surface area contributed by atoms with Crippen LogP contribution in [0.2, 0.25) is 10.0 Å². The number of ether oxygens (including phenoxy) is 1. The molecule has 24 heavy (non-hydrogen) atoms. The van der Waals surface area contributed by atoms with Crippen molar-refractivity contribution in [2.75, 3.05) is 23.0 Å². The lowest BCUT2D eigenvalue weighted by Gasteiger charge is -2.14. The van der Waals surface area contributed by atoms with Gasteiger partial charge < -0.3 is 10.1 Å². The van der Waals surface area contributed by atoms with Gasteiger partial charge in [0.05, 0.1) is 10.0 Å². The van der Waals surface area contributed by atoms with Gasteiger partial charge in [0.1, 0.15) is 11.3 Å².